The third-order valence-corrected chi connectivity index (χ3v) is 4.33. The molecule has 106 valence electrons. The van der Waals surface area contributed by atoms with Gasteiger partial charge in [0.1, 0.15) is 17.5 Å². The second-order valence-electron chi connectivity index (χ2n) is 3.81. The van der Waals surface area contributed by atoms with Gasteiger partial charge in [0.15, 0.2) is 0 Å². The van der Waals surface area contributed by atoms with Crippen LogP contribution >= 0.6 is 15.9 Å². The first-order valence-corrected chi connectivity index (χ1v) is 7.50. The maximum absolute atomic E-state index is 13.6. The third-order valence-electron chi connectivity index (χ3n) is 2.36. The average molecular weight is 366 g/mol. The standard InChI is InChI=1S/C12H7BrF3NO2S/c13-9-5-11(16)12(6-10(9)15)17-20(18,19)8-3-1-2-7(14)4-8/h1-6,17H. The number of hydrogen-bond donors (Lipinski definition) is 1. The van der Waals surface area contributed by atoms with E-state index in [-0.39, 0.29) is 9.37 Å². The molecule has 0 fully saturated rings. The minimum Gasteiger partial charge on any atom is -0.277 e. The van der Waals surface area contributed by atoms with Crippen molar-refractivity contribution in [3.8, 4) is 0 Å². The molecule has 20 heavy (non-hydrogen) atoms. The molecule has 0 unspecified atom stereocenters. The molecule has 0 radical (unpaired) electrons. The summed E-state index contributed by atoms with van der Waals surface area (Å²) in [6.45, 7) is 0. The van der Waals surface area contributed by atoms with E-state index < -0.39 is 33.2 Å². The Morgan fingerprint density at radius 1 is 1.00 bits per heavy atom. The summed E-state index contributed by atoms with van der Waals surface area (Å²) in [5.74, 6) is -2.54. The molecule has 3 nitrogen and oxygen atoms in total. The van der Waals surface area contributed by atoms with Crippen LogP contribution in [0.2, 0.25) is 0 Å². The molecule has 2 aromatic rings. The quantitative estimate of drug-likeness (QED) is 0.843. The first-order valence-electron chi connectivity index (χ1n) is 5.22. The Hall–Kier alpha value is -1.54. The summed E-state index contributed by atoms with van der Waals surface area (Å²) < 4.78 is 65.4. The summed E-state index contributed by atoms with van der Waals surface area (Å²) in [6, 6.07) is 5.66. The molecule has 0 aliphatic rings. The second kappa shape index (κ2) is 5.45. The van der Waals surface area contributed by atoms with Gasteiger partial charge in [0.25, 0.3) is 10.0 Å². The zero-order valence-corrected chi connectivity index (χ0v) is 12.1. The van der Waals surface area contributed by atoms with Crippen LogP contribution in [0.15, 0.2) is 45.8 Å². The molecule has 0 saturated heterocycles. The molecular weight excluding hydrogens is 359 g/mol. The van der Waals surface area contributed by atoms with Gasteiger partial charge in [-0.2, -0.15) is 0 Å². The minimum absolute atomic E-state index is 0.135. The van der Waals surface area contributed by atoms with Crippen molar-refractivity contribution in [3.05, 3.63) is 58.3 Å². The monoisotopic (exact) mass is 365 g/mol. The average Bonchev–Trinajstić information content (AvgIpc) is 2.36. The maximum Gasteiger partial charge on any atom is 0.262 e. The molecule has 0 aliphatic heterocycles. The Kier molecular flexibility index (Phi) is 4.05. The summed E-state index contributed by atoms with van der Waals surface area (Å²) in [5, 5.41) is 0. The molecule has 8 heteroatoms. The van der Waals surface area contributed by atoms with E-state index >= 15 is 0 Å². The highest BCUT2D eigenvalue weighted by Crippen LogP contribution is 2.25. The van der Waals surface area contributed by atoms with Gasteiger partial charge in [-0.05, 0) is 40.2 Å². The molecule has 0 aromatic heterocycles. The van der Waals surface area contributed by atoms with Crippen LogP contribution in [0.3, 0.4) is 0 Å². The first-order chi connectivity index (χ1) is 9.29. The summed E-state index contributed by atoms with van der Waals surface area (Å²) in [6.07, 6.45) is 0. The van der Waals surface area contributed by atoms with Gasteiger partial charge < -0.3 is 0 Å². The molecule has 0 aliphatic carbocycles. The molecule has 0 spiro atoms. The van der Waals surface area contributed by atoms with E-state index in [1.165, 1.54) is 6.07 Å². The van der Waals surface area contributed by atoms with E-state index in [1.54, 1.807) is 0 Å². The van der Waals surface area contributed by atoms with Crippen LogP contribution in [0.25, 0.3) is 0 Å². The fourth-order valence-corrected chi connectivity index (χ4v) is 2.84. The summed E-state index contributed by atoms with van der Waals surface area (Å²) in [4.78, 5) is -0.389. The van der Waals surface area contributed by atoms with Crippen molar-refractivity contribution in [3.63, 3.8) is 0 Å². The highest BCUT2D eigenvalue weighted by Gasteiger charge is 2.18. The number of sulfonamides is 1. The van der Waals surface area contributed by atoms with Crippen molar-refractivity contribution in [2.75, 3.05) is 4.72 Å². The fraction of sp³-hybridized carbons (Fsp3) is 0. The third kappa shape index (κ3) is 3.13. The highest BCUT2D eigenvalue weighted by atomic mass is 79.9. The van der Waals surface area contributed by atoms with Crippen LogP contribution in [-0.4, -0.2) is 8.42 Å². The largest absolute Gasteiger partial charge is 0.277 e. The zero-order chi connectivity index (χ0) is 14.9. The van der Waals surface area contributed by atoms with Crippen molar-refractivity contribution in [1.29, 1.82) is 0 Å². The van der Waals surface area contributed by atoms with Crippen molar-refractivity contribution < 1.29 is 21.6 Å². The van der Waals surface area contributed by atoms with Crippen LogP contribution in [0, 0.1) is 17.5 Å². The van der Waals surface area contributed by atoms with Crippen molar-refractivity contribution in [2.24, 2.45) is 0 Å². The highest BCUT2D eigenvalue weighted by molar-refractivity contribution is 9.10. The van der Waals surface area contributed by atoms with Crippen molar-refractivity contribution in [2.45, 2.75) is 4.90 Å². The molecule has 0 atom stereocenters. The number of benzene rings is 2. The lowest BCUT2D eigenvalue weighted by atomic mass is 10.3. The summed E-state index contributed by atoms with van der Waals surface area (Å²) in [5.41, 5.74) is -0.560. The second-order valence-corrected chi connectivity index (χ2v) is 6.35. The lowest BCUT2D eigenvalue weighted by Crippen LogP contribution is -2.14. The molecule has 1 N–H and O–H groups in total. The Labute approximate surface area is 121 Å². The number of halogens is 4. The summed E-state index contributed by atoms with van der Waals surface area (Å²) >= 11 is 2.77. The SMILES string of the molecule is O=S(=O)(Nc1cc(F)c(Br)cc1F)c1cccc(F)c1. The zero-order valence-electron chi connectivity index (χ0n) is 9.70. The van der Waals surface area contributed by atoms with E-state index in [0.29, 0.717) is 6.07 Å². The molecule has 0 saturated carbocycles. The Balaban J connectivity index is 2.41. The van der Waals surface area contributed by atoms with Crippen molar-refractivity contribution >= 4 is 31.6 Å². The smallest absolute Gasteiger partial charge is 0.262 e. The Morgan fingerprint density at radius 2 is 1.70 bits per heavy atom. The van der Waals surface area contributed by atoms with Crippen LogP contribution < -0.4 is 4.72 Å². The molecule has 2 rings (SSSR count). The number of hydrogen-bond acceptors (Lipinski definition) is 2. The van der Waals surface area contributed by atoms with Gasteiger partial charge in [-0.25, -0.2) is 21.6 Å². The van der Waals surface area contributed by atoms with E-state index in [4.69, 9.17) is 0 Å². The molecule has 0 bridgehead atoms. The van der Waals surface area contributed by atoms with Crippen LogP contribution in [-0.2, 0) is 10.0 Å². The predicted octanol–water partition coefficient (Wildman–Crippen LogP) is 3.67. The van der Waals surface area contributed by atoms with E-state index in [9.17, 15) is 21.6 Å². The normalized spacial score (nSPS) is 11.4. The van der Waals surface area contributed by atoms with Gasteiger partial charge in [-0.3, -0.25) is 4.72 Å². The maximum atomic E-state index is 13.6. The summed E-state index contributed by atoms with van der Waals surface area (Å²) in [7, 11) is -4.20. The molecular formula is C12H7BrF3NO2S. The van der Waals surface area contributed by atoms with E-state index in [0.717, 1.165) is 24.3 Å². The predicted molar refractivity (Wildman–Crippen MR) is 71.3 cm³/mol. The molecule has 2 aromatic carbocycles. The molecule has 0 heterocycles. The van der Waals surface area contributed by atoms with Gasteiger partial charge >= 0.3 is 0 Å². The van der Waals surface area contributed by atoms with Crippen LogP contribution in [0.1, 0.15) is 0 Å². The van der Waals surface area contributed by atoms with Crippen molar-refractivity contribution in [1.82, 2.24) is 0 Å². The number of nitrogens with one attached hydrogen (secondary N) is 1. The Morgan fingerprint density at radius 3 is 2.35 bits per heavy atom. The van der Waals surface area contributed by atoms with Gasteiger partial charge in [0.05, 0.1) is 15.1 Å². The minimum atomic E-state index is -4.20. The van der Waals surface area contributed by atoms with Gasteiger partial charge in [-0.1, -0.05) is 6.07 Å². The Bertz CT molecular complexity index is 765. The lowest BCUT2D eigenvalue weighted by Gasteiger charge is -2.09. The van der Waals surface area contributed by atoms with E-state index in [1.807, 2.05) is 4.72 Å². The lowest BCUT2D eigenvalue weighted by molar-refractivity contribution is 0.589. The first kappa shape index (κ1) is 14.9. The number of anilines is 1. The van der Waals surface area contributed by atoms with Crippen LogP contribution in [0.4, 0.5) is 18.9 Å². The van der Waals surface area contributed by atoms with Gasteiger partial charge in [0, 0.05) is 6.07 Å². The van der Waals surface area contributed by atoms with Crippen LogP contribution in [0.5, 0.6) is 0 Å². The fourth-order valence-electron chi connectivity index (χ4n) is 1.44. The topological polar surface area (TPSA) is 46.2 Å². The van der Waals surface area contributed by atoms with E-state index in [2.05, 4.69) is 15.9 Å². The van der Waals surface area contributed by atoms with Gasteiger partial charge in [-0.15, -0.1) is 0 Å². The molecule has 0 amide bonds. The van der Waals surface area contributed by atoms with Gasteiger partial charge in [0.2, 0.25) is 0 Å². The number of rotatable bonds is 3.